The van der Waals surface area contributed by atoms with Crippen molar-refractivity contribution in [1.82, 2.24) is 0 Å². The first-order valence-electron chi connectivity index (χ1n) is 6.77. The van der Waals surface area contributed by atoms with Gasteiger partial charge in [0.15, 0.2) is 0 Å². The van der Waals surface area contributed by atoms with Gasteiger partial charge in [-0.2, -0.15) is 0 Å². The molecule has 0 heterocycles. The lowest BCUT2D eigenvalue weighted by Gasteiger charge is -2.26. The van der Waals surface area contributed by atoms with Gasteiger partial charge in [-0.05, 0) is 43.7 Å². The first-order chi connectivity index (χ1) is 9.56. The average molecular weight is 278 g/mol. The van der Waals surface area contributed by atoms with Crippen LogP contribution in [0.25, 0.3) is 0 Å². The number of nitrogens with one attached hydrogen (secondary N) is 1. The van der Waals surface area contributed by atoms with Crippen molar-refractivity contribution in [3.63, 3.8) is 0 Å². The molecule has 2 N–H and O–H groups in total. The third-order valence-electron chi connectivity index (χ3n) is 3.87. The fourth-order valence-corrected chi connectivity index (χ4v) is 2.58. The highest BCUT2D eigenvalue weighted by Crippen LogP contribution is 2.29. The van der Waals surface area contributed by atoms with Gasteiger partial charge in [0, 0.05) is 24.4 Å². The Hall–Kier alpha value is -2.11. The summed E-state index contributed by atoms with van der Waals surface area (Å²) in [4.78, 5) is 21.0. The molecular formula is C14H18N2O4. The van der Waals surface area contributed by atoms with E-state index in [-0.39, 0.29) is 11.6 Å². The monoisotopic (exact) mass is 278 g/mol. The molecule has 0 saturated heterocycles. The van der Waals surface area contributed by atoms with Crippen molar-refractivity contribution >= 4 is 17.3 Å². The summed E-state index contributed by atoms with van der Waals surface area (Å²) < 4.78 is 0. The van der Waals surface area contributed by atoms with Crippen molar-refractivity contribution in [3.8, 4) is 0 Å². The van der Waals surface area contributed by atoms with Crippen molar-refractivity contribution in [1.29, 1.82) is 0 Å². The Morgan fingerprint density at radius 3 is 2.35 bits per heavy atom. The zero-order valence-electron chi connectivity index (χ0n) is 11.1. The van der Waals surface area contributed by atoms with Crippen LogP contribution in [0.2, 0.25) is 0 Å². The van der Waals surface area contributed by atoms with E-state index in [1.165, 1.54) is 12.1 Å². The summed E-state index contributed by atoms with van der Waals surface area (Å²) >= 11 is 0. The van der Waals surface area contributed by atoms with Crippen LogP contribution < -0.4 is 5.32 Å². The summed E-state index contributed by atoms with van der Waals surface area (Å²) in [7, 11) is 0. The smallest absolute Gasteiger partial charge is 0.306 e. The highest BCUT2D eigenvalue weighted by molar-refractivity contribution is 5.70. The number of aliphatic carboxylic acids is 1. The summed E-state index contributed by atoms with van der Waals surface area (Å²) in [6.45, 7) is 0.782. The van der Waals surface area contributed by atoms with E-state index in [4.69, 9.17) is 5.11 Å². The van der Waals surface area contributed by atoms with Crippen LogP contribution >= 0.6 is 0 Å². The zero-order chi connectivity index (χ0) is 14.5. The molecule has 1 aliphatic carbocycles. The van der Waals surface area contributed by atoms with E-state index in [2.05, 4.69) is 5.32 Å². The molecular weight excluding hydrogens is 260 g/mol. The Kier molecular flexibility index (Phi) is 4.55. The van der Waals surface area contributed by atoms with Crippen LogP contribution in [-0.4, -0.2) is 22.5 Å². The first kappa shape index (κ1) is 14.3. The fraction of sp³-hybridized carbons (Fsp3) is 0.500. The van der Waals surface area contributed by atoms with Crippen molar-refractivity contribution in [3.05, 3.63) is 34.4 Å². The van der Waals surface area contributed by atoms with E-state index >= 15 is 0 Å². The summed E-state index contributed by atoms with van der Waals surface area (Å²) in [5.41, 5.74) is 0.938. The Morgan fingerprint density at radius 2 is 1.85 bits per heavy atom. The standard InChI is InChI=1S/C14H18N2O4/c17-14(18)11-3-1-10(2-4-11)9-15-12-5-7-13(8-6-12)16(19)20/h5-8,10-11,15H,1-4,9H2,(H,17,18). The molecule has 1 fully saturated rings. The molecule has 1 saturated carbocycles. The fourth-order valence-electron chi connectivity index (χ4n) is 2.58. The van der Waals surface area contributed by atoms with Crippen LogP contribution in [0.1, 0.15) is 25.7 Å². The Balaban J connectivity index is 1.78. The first-order valence-corrected chi connectivity index (χ1v) is 6.77. The van der Waals surface area contributed by atoms with E-state index < -0.39 is 10.9 Å². The predicted molar refractivity (Wildman–Crippen MR) is 74.7 cm³/mol. The molecule has 0 bridgehead atoms. The minimum atomic E-state index is -0.688. The number of rotatable bonds is 5. The van der Waals surface area contributed by atoms with Gasteiger partial charge in [0.05, 0.1) is 10.8 Å². The molecule has 1 aliphatic rings. The van der Waals surface area contributed by atoms with Crippen LogP contribution in [-0.2, 0) is 4.79 Å². The lowest BCUT2D eigenvalue weighted by Crippen LogP contribution is -2.25. The molecule has 1 aromatic carbocycles. The maximum atomic E-state index is 10.9. The van der Waals surface area contributed by atoms with Crippen molar-refractivity contribution in [2.75, 3.05) is 11.9 Å². The van der Waals surface area contributed by atoms with Crippen LogP contribution in [0.3, 0.4) is 0 Å². The topological polar surface area (TPSA) is 92.5 Å². The Morgan fingerprint density at radius 1 is 1.25 bits per heavy atom. The second-order valence-electron chi connectivity index (χ2n) is 5.24. The van der Waals surface area contributed by atoms with Gasteiger partial charge in [0.2, 0.25) is 0 Å². The highest BCUT2D eigenvalue weighted by atomic mass is 16.6. The van der Waals surface area contributed by atoms with Crippen molar-refractivity contribution < 1.29 is 14.8 Å². The van der Waals surface area contributed by atoms with E-state index in [0.717, 1.165) is 37.9 Å². The van der Waals surface area contributed by atoms with Gasteiger partial charge >= 0.3 is 5.97 Å². The molecule has 2 rings (SSSR count). The number of nitrogens with zero attached hydrogens (tertiary/aromatic N) is 1. The van der Waals surface area contributed by atoms with Crippen LogP contribution in [0.4, 0.5) is 11.4 Å². The van der Waals surface area contributed by atoms with Gasteiger partial charge in [-0.25, -0.2) is 0 Å². The number of nitro groups is 1. The molecule has 0 aliphatic heterocycles. The van der Waals surface area contributed by atoms with Gasteiger partial charge < -0.3 is 10.4 Å². The molecule has 108 valence electrons. The highest BCUT2D eigenvalue weighted by Gasteiger charge is 2.25. The molecule has 0 atom stereocenters. The normalized spacial score (nSPS) is 22.2. The van der Waals surface area contributed by atoms with Crippen LogP contribution in [0.15, 0.2) is 24.3 Å². The number of non-ortho nitro benzene ring substituents is 1. The molecule has 0 amide bonds. The van der Waals surface area contributed by atoms with Crippen LogP contribution in [0.5, 0.6) is 0 Å². The predicted octanol–water partition coefficient (Wildman–Crippen LogP) is 2.90. The number of carbonyl (C=O) groups is 1. The summed E-state index contributed by atoms with van der Waals surface area (Å²) in [6, 6.07) is 6.34. The van der Waals surface area contributed by atoms with E-state index in [1.54, 1.807) is 12.1 Å². The zero-order valence-corrected chi connectivity index (χ0v) is 11.1. The number of hydrogen-bond acceptors (Lipinski definition) is 4. The van der Waals surface area contributed by atoms with Crippen molar-refractivity contribution in [2.45, 2.75) is 25.7 Å². The molecule has 0 radical (unpaired) electrons. The number of hydrogen-bond donors (Lipinski definition) is 2. The second-order valence-corrected chi connectivity index (χ2v) is 5.24. The van der Waals surface area contributed by atoms with E-state index in [1.807, 2.05) is 0 Å². The molecule has 6 nitrogen and oxygen atoms in total. The average Bonchev–Trinajstić information content (AvgIpc) is 2.46. The number of nitro benzene ring substituents is 1. The lowest BCUT2D eigenvalue weighted by molar-refractivity contribution is -0.384. The minimum absolute atomic E-state index is 0.0810. The largest absolute Gasteiger partial charge is 0.481 e. The Labute approximate surface area is 117 Å². The minimum Gasteiger partial charge on any atom is -0.481 e. The SMILES string of the molecule is O=C(O)C1CCC(CNc2ccc([N+](=O)[O-])cc2)CC1. The molecule has 0 unspecified atom stereocenters. The van der Waals surface area contributed by atoms with Crippen molar-refractivity contribution in [2.24, 2.45) is 11.8 Å². The summed E-state index contributed by atoms with van der Waals surface area (Å²) in [6.07, 6.45) is 3.30. The molecule has 0 spiro atoms. The van der Waals surface area contributed by atoms with E-state index in [9.17, 15) is 14.9 Å². The van der Waals surface area contributed by atoms with Gasteiger partial charge in [-0.15, -0.1) is 0 Å². The molecule has 20 heavy (non-hydrogen) atoms. The maximum Gasteiger partial charge on any atom is 0.306 e. The maximum absolute atomic E-state index is 10.9. The number of benzene rings is 1. The summed E-state index contributed by atoms with van der Waals surface area (Å²) in [5.74, 6) is -0.404. The van der Waals surface area contributed by atoms with Crippen LogP contribution in [0, 0.1) is 22.0 Å². The second kappa shape index (κ2) is 6.36. The van der Waals surface area contributed by atoms with Gasteiger partial charge in [0.25, 0.3) is 5.69 Å². The molecule has 1 aromatic rings. The Bertz CT molecular complexity index is 478. The van der Waals surface area contributed by atoms with E-state index in [0.29, 0.717) is 5.92 Å². The molecule has 6 heteroatoms. The summed E-state index contributed by atoms with van der Waals surface area (Å²) in [5, 5.41) is 22.7. The number of carboxylic acids is 1. The van der Waals surface area contributed by atoms with Gasteiger partial charge in [0.1, 0.15) is 0 Å². The number of carboxylic acid groups (broad SMARTS) is 1. The van der Waals surface area contributed by atoms with Gasteiger partial charge in [-0.1, -0.05) is 0 Å². The van der Waals surface area contributed by atoms with Gasteiger partial charge in [-0.3, -0.25) is 14.9 Å². The number of anilines is 1. The molecule has 0 aromatic heterocycles. The third-order valence-corrected chi connectivity index (χ3v) is 3.87. The quantitative estimate of drug-likeness (QED) is 0.638. The lowest BCUT2D eigenvalue weighted by atomic mass is 9.82. The third kappa shape index (κ3) is 3.69.